The molecule has 2 aromatic rings. The quantitative estimate of drug-likeness (QED) is 0.0785. The van der Waals surface area contributed by atoms with Gasteiger partial charge in [0.05, 0.1) is 12.1 Å². The van der Waals surface area contributed by atoms with Gasteiger partial charge in [-0.15, -0.1) is 0 Å². The minimum atomic E-state index is -1.33. The first-order valence-electron chi connectivity index (χ1n) is 22.1. The lowest BCUT2D eigenvalue weighted by atomic mass is 10.00. The summed E-state index contributed by atoms with van der Waals surface area (Å²) < 4.78 is 18.5. The molecule has 9 N–H and O–H groups in total. The van der Waals surface area contributed by atoms with Gasteiger partial charge in [-0.1, -0.05) is 52.8 Å². The van der Waals surface area contributed by atoms with Gasteiger partial charge in [-0.2, -0.15) is 0 Å². The highest BCUT2D eigenvalue weighted by atomic mass is 32.2. The maximum atomic E-state index is 14.8. The number of aromatic nitrogens is 1. The van der Waals surface area contributed by atoms with Crippen molar-refractivity contribution in [3.05, 3.63) is 36.0 Å². The summed E-state index contributed by atoms with van der Waals surface area (Å²) in [4.78, 5) is 109. The summed E-state index contributed by atoms with van der Waals surface area (Å²) in [5, 5.41) is 23.6. The van der Waals surface area contributed by atoms with E-state index < -0.39 is 100 Å². The van der Waals surface area contributed by atoms with Crippen molar-refractivity contribution >= 4 is 69.2 Å². The van der Waals surface area contributed by atoms with Gasteiger partial charge in [0.1, 0.15) is 41.9 Å². The van der Waals surface area contributed by atoms with Crippen LogP contribution in [0, 0.1) is 11.8 Å². The third-order valence-corrected chi connectivity index (χ3v) is 11.3. The summed E-state index contributed by atoms with van der Waals surface area (Å²) in [5.74, 6) is -5.33. The van der Waals surface area contributed by atoms with E-state index in [0.29, 0.717) is 22.9 Å². The number of hydrogen-bond donors (Lipinski definition) is 8. The molecule has 1 aromatic carbocycles. The molecule has 7 atom stereocenters. The Morgan fingerprint density at radius 1 is 0.846 bits per heavy atom. The molecule has 0 aliphatic carbocycles. The number of benzene rings is 1. The van der Waals surface area contributed by atoms with E-state index in [0.717, 1.165) is 0 Å². The average molecular weight is 932 g/mol. The molecular weight excluding hydrogens is 863 g/mol. The molecule has 1 aliphatic rings. The molecule has 3 rings (SSSR count). The first kappa shape index (κ1) is 53.8. The van der Waals surface area contributed by atoms with Crippen molar-refractivity contribution in [1.29, 1.82) is 0 Å². The largest absolute Gasteiger partial charge is 0.480 e. The van der Waals surface area contributed by atoms with Crippen molar-refractivity contribution < 1.29 is 52.4 Å². The highest BCUT2D eigenvalue weighted by molar-refractivity contribution is 7.84. The van der Waals surface area contributed by atoms with Gasteiger partial charge in [0.15, 0.2) is 0 Å². The molecule has 21 heteroatoms. The number of likely N-dealkylation sites (tertiary alicyclic amines) is 1. The van der Waals surface area contributed by atoms with Gasteiger partial charge in [0.25, 0.3) is 0 Å². The fourth-order valence-corrected chi connectivity index (χ4v) is 8.03. The molecule has 2 heterocycles. The number of aliphatic carboxylic acids is 1. The van der Waals surface area contributed by atoms with Crippen molar-refractivity contribution in [2.75, 3.05) is 30.5 Å². The van der Waals surface area contributed by atoms with Gasteiger partial charge in [-0.25, -0.2) is 15.0 Å². The smallest absolute Gasteiger partial charge is 0.426 e. The maximum Gasteiger partial charge on any atom is 0.426 e. The number of fused-ring (bicyclic) bond motifs is 1. The Hall–Kier alpha value is -5.57. The van der Waals surface area contributed by atoms with Crippen molar-refractivity contribution in [2.45, 2.75) is 142 Å². The third-order valence-electron chi connectivity index (χ3n) is 10.5. The molecule has 1 saturated heterocycles. The first-order valence-corrected chi connectivity index (χ1v) is 23.8. The minimum absolute atomic E-state index is 0.0417. The normalized spacial score (nSPS) is 16.7. The highest BCUT2D eigenvalue weighted by Crippen LogP contribution is 2.25. The molecule has 20 nitrogen and oxygen atoms in total. The first-order chi connectivity index (χ1) is 30.4. The highest BCUT2D eigenvalue weighted by Gasteiger charge is 2.40. The summed E-state index contributed by atoms with van der Waals surface area (Å²) in [7, 11) is -1.30. The zero-order valence-electron chi connectivity index (χ0n) is 39.0. The van der Waals surface area contributed by atoms with Crippen molar-refractivity contribution in [3.8, 4) is 0 Å². The van der Waals surface area contributed by atoms with Gasteiger partial charge >= 0.3 is 12.1 Å². The summed E-state index contributed by atoms with van der Waals surface area (Å²) in [6.07, 6.45) is 3.25. The summed E-state index contributed by atoms with van der Waals surface area (Å²) in [6, 6.07) is 0.0758. The summed E-state index contributed by atoms with van der Waals surface area (Å²) in [5.41, 5.74) is 8.61. The van der Waals surface area contributed by atoms with E-state index in [4.69, 9.17) is 10.5 Å². The predicted molar refractivity (Wildman–Crippen MR) is 245 cm³/mol. The zero-order chi connectivity index (χ0) is 48.8. The van der Waals surface area contributed by atoms with Crippen LogP contribution in [0.5, 0.6) is 0 Å². The van der Waals surface area contributed by atoms with E-state index in [1.165, 1.54) is 15.8 Å². The van der Waals surface area contributed by atoms with Crippen LogP contribution in [0.4, 0.5) is 4.79 Å². The molecule has 1 fully saturated rings. The Labute approximate surface area is 383 Å². The molecule has 0 saturated carbocycles. The number of carbonyl (C=O) groups excluding carboxylic acids is 7. The van der Waals surface area contributed by atoms with Crippen molar-refractivity contribution in [1.82, 2.24) is 36.2 Å². The Kier molecular flexibility index (Phi) is 20.4. The number of nitrogens with two attached hydrogens (primary N) is 1. The van der Waals surface area contributed by atoms with E-state index in [1.807, 2.05) is 27.7 Å². The predicted octanol–water partition coefficient (Wildman–Crippen LogP) is 1.39. The van der Waals surface area contributed by atoms with E-state index in [1.54, 1.807) is 58.2 Å². The van der Waals surface area contributed by atoms with Crippen LogP contribution in [0.3, 0.4) is 0 Å². The van der Waals surface area contributed by atoms with E-state index >= 15 is 0 Å². The number of carboxylic acids is 1. The molecule has 0 radical (unpaired) electrons. The Balaban J connectivity index is 1.95. The monoisotopic (exact) mass is 931 g/mol. The topological polar surface area (TPSA) is 289 Å². The fraction of sp³-hybridized carbons (Fsp3) is 0.636. The van der Waals surface area contributed by atoms with Crippen molar-refractivity contribution in [3.63, 3.8) is 0 Å². The van der Waals surface area contributed by atoms with Crippen LogP contribution < -0.4 is 37.7 Å². The molecule has 0 bridgehead atoms. The van der Waals surface area contributed by atoms with Crippen LogP contribution in [-0.4, -0.2) is 133 Å². The molecule has 0 spiro atoms. The standard InChI is InChI=1S/C44H69N9O11S/c1-10-29(37(55)48-30(42(60)61)17-19-65(9)63)47-39(57)32(21-26(4)5)49-40(58)35-16-13-18-52(35)41(59)33(50-38(56)31(20-25(2)3)46-36(54)23-45)22-27-24-53(34-15-12-11-14-28(27)34)51-43(62)64-44(6,7)8/h11-12,14-15,24-26,29-33,35H,10,13,16-23,45H2,1-9H3,(H,46,54)(H,47,57)(H,48,55)(H,49,58)(H,50,56)(H,51,62)(H,60,61)/t29-,30-,31-,32-,33-,35-,65?/m0/s1. The van der Waals surface area contributed by atoms with E-state index in [2.05, 4.69) is 32.0 Å². The van der Waals surface area contributed by atoms with Crippen LogP contribution in [0.15, 0.2) is 30.5 Å². The SMILES string of the molecule is CC[C@H](NC(=O)[C@H](CC(C)C)NC(=O)[C@@H]1CCCN1C(=O)[C@H](Cc1cn(NC(=O)OC(C)(C)C)c2ccccc12)NC(=O)[C@H](CC(C)C)NC(=O)CN)C(=O)N[C@@H](CCS(C)=O)C(=O)O. The Bertz CT molecular complexity index is 2050. The van der Waals surface area contributed by atoms with Crippen LogP contribution in [0.2, 0.25) is 0 Å². The summed E-state index contributed by atoms with van der Waals surface area (Å²) >= 11 is 0. The van der Waals surface area contributed by atoms with Gasteiger partial charge in [0.2, 0.25) is 35.4 Å². The number of nitrogens with one attached hydrogen (secondary N) is 6. The van der Waals surface area contributed by atoms with E-state index in [-0.39, 0.29) is 69.2 Å². The number of ether oxygens (including phenoxy) is 1. The number of hydrogen-bond acceptors (Lipinski definition) is 11. The Morgan fingerprint density at radius 2 is 1.42 bits per heavy atom. The molecule has 1 aliphatic heterocycles. The lowest BCUT2D eigenvalue weighted by molar-refractivity contribution is -0.143. The zero-order valence-corrected chi connectivity index (χ0v) is 39.8. The Morgan fingerprint density at radius 3 is 1.97 bits per heavy atom. The fourth-order valence-electron chi connectivity index (χ4n) is 7.47. The second-order valence-electron chi connectivity index (χ2n) is 18.2. The van der Waals surface area contributed by atoms with Crippen LogP contribution >= 0.6 is 0 Å². The average Bonchev–Trinajstić information content (AvgIpc) is 3.84. The maximum absolute atomic E-state index is 14.8. The lowest BCUT2D eigenvalue weighted by Crippen LogP contribution is -2.59. The molecular formula is C44H69N9O11S. The number of rotatable bonds is 23. The van der Waals surface area contributed by atoms with Crippen LogP contribution in [0.25, 0.3) is 10.9 Å². The lowest BCUT2D eigenvalue weighted by Gasteiger charge is -2.31. The number of carboxylic acid groups (broad SMARTS) is 1. The minimum Gasteiger partial charge on any atom is -0.480 e. The number of nitrogens with zero attached hydrogens (tertiary/aromatic N) is 2. The van der Waals surface area contributed by atoms with Gasteiger partial charge in [-0.05, 0) is 82.8 Å². The van der Waals surface area contributed by atoms with Gasteiger partial charge < -0.3 is 47.1 Å². The van der Waals surface area contributed by atoms with E-state index in [9.17, 15) is 47.7 Å². The second-order valence-corrected chi connectivity index (χ2v) is 19.7. The number of carbonyl (C=O) groups is 8. The number of para-hydroxylation sites is 1. The number of amides is 7. The van der Waals surface area contributed by atoms with Crippen LogP contribution in [0.1, 0.15) is 99.5 Å². The van der Waals surface area contributed by atoms with Gasteiger partial charge in [-0.3, -0.25) is 37.7 Å². The van der Waals surface area contributed by atoms with Crippen LogP contribution in [-0.2, 0) is 55.5 Å². The van der Waals surface area contributed by atoms with Crippen molar-refractivity contribution in [2.24, 2.45) is 17.6 Å². The third kappa shape index (κ3) is 16.7. The molecule has 65 heavy (non-hydrogen) atoms. The molecule has 1 unspecified atom stereocenters. The molecule has 362 valence electrons. The van der Waals surface area contributed by atoms with Gasteiger partial charge in [0, 0.05) is 47.4 Å². The molecule has 7 amide bonds. The second kappa shape index (κ2) is 24.6. The summed E-state index contributed by atoms with van der Waals surface area (Å²) in [6.45, 7) is 14.0. The molecule has 1 aromatic heterocycles.